The SMILES string of the molecule is COc1ccc(N2C[C@@H](C(=O)NN=Cc3ccccc3OCc3ccccc3Cl)CC2=O)cc1. The number of para-hydroxylation sites is 1. The highest BCUT2D eigenvalue weighted by atomic mass is 35.5. The van der Waals surface area contributed by atoms with Crippen LogP contribution in [0.4, 0.5) is 5.69 Å². The Labute approximate surface area is 202 Å². The van der Waals surface area contributed by atoms with Crippen LogP contribution >= 0.6 is 11.6 Å². The van der Waals surface area contributed by atoms with Crippen molar-refractivity contribution in [3.05, 3.63) is 88.9 Å². The molecule has 0 unspecified atom stereocenters. The number of methoxy groups -OCH3 is 1. The fourth-order valence-corrected chi connectivity index (χ4v) is 3.83. The Morgan fingerprint density at radius 3 is 2.62 bits per heavy atom. The Morgan fingerprint density at radius 1 is 1.12 bits per heavy atom. The largest absolute Gasteiger partial charge is 0.497 e. The third kappa shape index (κ3) is 5.55. The highest BCUT2D eigenvalue weighted by molar-refractivity contribution is 6.31. The van der Waals surface area contributed by atoms with Crippen LogP contribution in [0.15, 0.2) is 77.9 Å². The summed E-state index contributed by atoms with van der Waals surface area (Å²) in [6, 6.07) is 22.0. The van der Waals surface area contributed by atoms with Crippen molar-refractivity contribution in [3.8, 4) is 11.5 Å². The van der Waals surface area contributed by atoms with Gasteiger partial charge < -0.3 is 14.4 Å². The summed E-state index contributed by atoms with van der Waals surface area (Å²) in [4.78, 5) is 26.7. The molecule has 7 nitrogen and oxygen atoms in total. The highest BCUT2D eigenvalue weighted by Crippen LogP contribution is 2.27. The van der Waals surface area contributed by atoms with Gasteiger partial charge in [-0.1, -0.05) is 41.9 Å². The maximum atomic E-state index is 12.6. The highest BCUT2D eigenvalue weighted by Gasteiger charge is 2.35. The van der Waals surface area contributed by atoms with Crippen molar-refractivity contribution in [1.29, 1.82) is 0 Å². The van der Waals surface area contributed by atoms with Crippen molar-refractivity contribution in [2.24, 2.45) is 11.0 Å². The van der Waals surface area contributed by atoms with Crippen LogP contribution < -0.4 is 19.8 Å². The van der Waals surface area contributed by atoms with Crippen molar-refractivity contribution in [1.82, 2.24) is 5.43 Å². The second kappa shape index (κ2) is 10.9. The molecular weight excluding hydrogens is 454 g/mol. The Morgan fingerprint density at radius 2 is 1.85 bits per heavy atom. The van der Waals surface area contributed by atoms with Gasteiger partial charge >= 0.3 is 0 Å². The van der Waals surface area contributed by atoms with E-state index in [9.17, 15) is 9.59 Å². The fourth-order valence-electron chi connectivity index (χ4n) is 3.64. The molecule has 34 heavy (non-hydrogen) atoms. The molecule has 4 rings (SSSR count). The van der Waals surface area contributed by atoms with Crippen molar-refractivity contribution in [3.63, 3.8) is 0 Å². The molecule has 8 heteroatoms. The van der Waals surface area contributed by atoms with Crippen molar-refractivity contribution in [2.75, 3.05) is 18.6 Å². The van der Waals surface area contributed by atoms with E-state index in [2.05, 4.69) is 10.5 Å². The van der Waals surface area contributed by atoms with E-state index < -0.39 is 5.92 Å². The van der Waals surface area contributed by atoms with Crippen molar-refractivity contribution >= 4 is 35.3 Å². The van der Waals surface area contributed by atoms with E-state index in [0.717, 1.165) is 11.3 Å². The molecular formula is C26H24ClN3O4. The molecule has 3 aromatic carbocycles. The zero-order valence-electron chi connectivity index (χ0n) is 18.6. The third-order valence-electron chi connectivity index (χ3n) is 5.52. The number of ether oxygens (including phenoxy) is 2. The number of hydrogen-bond acceptors (Lipinski definition) is 5. The van der Waals surface area contributed by atoms with Crippen molar-refractivity contribution in [2.45, 2.75) is 13.0 Å². The molecule has 1 aliphatic heterocycles. The summed E-state index contributed by atoms with van der Waals surface area (Å²) in [6.45, 7) is 0.603. The van der Waals surface area contributed by atoms with Crippen molar-refractivity contribution < 1.29 is 19.1 Å². The predicted molar refractivity (Wildman–Crippen MR) is 131 cm³/mol. The van der Waals surface area contributed by atoms with Gasteiger partial charge in [-0.05, 0) is 42.5 Å². The van der Waals surface area contributed by atoms with Gasteiger partial charge in [-0.15, -0.1) is 0 Å². The maximum Gasteiger partial charge on any atom is 0.245 e. The molecule has 1 N–H and O–H groups in total. The van der Waals surface area contributed by atoms with Gasteiger partial charge in [0.2, 0.25) is 11.8 Å². The summed E-state index contributed by atoms with van der Waals surface area (Å²) < 4.78 is 11.1. The van der Waals surface area contributed by atoms with E-state index in [0.29, 0.717) is 35.2 Å². The molecule has 0 radical (unpaired) electrons. The van der Waals surface area contributed by atoms with Crippen LogP contribution in [0, 0.1) is 5.92 Å². The number of carbonyl (C=O) groups is 2. The van der Waals surface area contributed by atoms with Crippen LogP contribution in [0.1, 0.15) is 17.5 Å². The summed E-state index contributed by atoms with van der Waals surface area (Å²) in [7, 11) is 1.58. The molecule has 1 atom stereocenters. The molecule has 0 spiro atoms. The second-order valence-corrected chi connectivity index (χ2v) is 8.16. The number of hydrogen-bond donors (Lipinski definition) is 1. The standard InChI is InChI=1S/C26H24ClN3O4/c1-33-22-12-10-21(11-13-22)30-16-20(14-25(30)31)26(32)29-28-15-18-6-3-5-9-24(18)34-17-19-7-2-4-8-23(19)27/h2-13,15,20H,14,16-17H2,1H3,(H,29,32)/t20-/m0/s1. The predicted octanol–water partition coefficient (Wildman–Crippen LogP) is 4.43. The minimum Gasteiger partial charge on any atom is -0.497 e. The van der Waals surface area contributed by atoms with E-state index in [4.69, 9.17) is 21.1 Å². The Balaban J connectivity index is 1.35. The summed E-state index contributed by atoms with van der Waals surface area (Å²) in [5, 5.41) is 4.72. The first-order chi connectivity index (χ1) is 16.5. The summed E-state index contributed by atoms with van der Waals surface area (Å²) in [6.07, 6.45) is 1.66. The first-order valence-electron chi connectivity index (χ1n) is 10.8. The van der Waals surface area contributed by atoms with E-state index >= 15 is 0 Å². The average Bonchev–Trinajstić information content (AvgIpc) is 3.26. The van der Waals surface area contributed by atoms with Gasteiger partial charge in [0.15, 0.2) is 0 Å². The number of nitrogens with zero attached hydrogens (tertiary/aromatic N) is 2. The van der Waals surface area contributed by atoms with Gasteiger partial charge in [0, 0.05) is 34.8 Å². The van der Waals surface area contributed by atoms with Crippen LogP contribution in [0.5, 0.6) is 11.5 Å². The molecule has 3 aromatic rings. The molecule has 0 aromatic heterocycles. The molecule has 174 valence electrons. The number of halogens is 1. The number of hydrazone groups is 1. The van der Waals surface area contributed by atoms with Crippen LogP contribution in [-0.2, 0) is 16.2 Å². The Bertz CT molecular complexity index is 1200. The lowest BCUT2D eigenvalue weighted by molar-refractivity contribution is -0.126. The first-order valence-corrected chi connectivity index (χ1v) is 11.2. The molecule has 0 bridgehead atoms. The maximum absolute atomic E-state index is 12.6. The molecule has 2 amide bonds. The number of nitrogens with one attached hydrogen (secondary N) is 1. The molecule has 1 saturated heterocycles. The van der Waals surface area contributed by atoms with Gasteiger partial charge in [0.25, 0.3) is 0 Å². The minimum atomic E-state index is -0.488. The smallest absolute Gasteiger partial charge is 0.245 e. The van der Waals surface area contributed by atoms with Gasteiger partial charge in [0.05, 0.1) is 19.2 Å². The third-order valence-corrected chi connectivity index (χ3v) is 5.89. The summed E-state index contributed by atoms with van der Waals surface area (Å²) in [5.74, 6) is 0.415. The molecule has 0 aliphatic carbocycles. The number of rotatable bonds is 8. The fraction of sp³-hybridized carbons (Fsp3) is 0.192. The molecule has 1 aliphatic rings. The monoisotopic (exact) mass is 477 g/mol. The van der Waals surface area contributed by atoms with E-state index in [1.54, 1.807) is 36.3 Å². The van der Waals surface area contributed by atoms with Crippen LogP contribution in [0.3, 0.4) is 0 Å². The molecule has 1 heterocycles. The average molecular weight is 478 g/mol. The normalized spacial score (nSPS) is 15.5. The number of benzene rings is 3. The Kier molecular flexibility index (Phi) is 7.44. The number of amides is 2. The molecule has 1 fully saturated rings. The molecule has 0 saturated carbocycles. The number of anilines is 1. The Hall–Kier alpha value is -3.84. The zero-order chi connectivity index (χ0) is 23.9. The second-order valence-electron chi connectivity index (χ2n) is 7.76. The van der Waals surface area contributed by atoms with Gasteiger partial charge in [-0.2, -0.15) is 5.10 Å². The van der Waals surface area contributed by atoms with Gasteiger partial charge in [-0.25, -0.2) is 5.43 Å². The van der Waals surface area contributed by atoms with E-state index in [1.165, 1.54) is 6.21 Å². The quantitative estimate of drug-likeness (QED) is 0.384. The van der Waals surface area contributed by atoms with E-state index in [-0.39, 0.29) is 18.2 Å². The lowest BCUT2D eigenvalue weighted by atomic mass is 10.1. The first kappa shape index (κ1) is 23.3. The minimum absolute atomic E-state index is 0.104. The van der Waals surface area contributed by atoms with Crippen LogP contribution in [-0.4, -0.2) is 31.7 Å². The topological polar surface area (TPSA) is 80.2 Å². The zero-order valence-corrected chi connectivity index (χ0v) is 19.4. The summed E-state index contributed by atoms with van der Waals surface area (Å²) >= 11 is 6.20. The summed E-state index contributed by atoms with van der Waals surface area (Å²) in [5.41, 5.74) is 4.86. The van der Waals surface area contributed by atoms with Gasteiger partial charge in [-0.3, -0.25) is 9.59 Å². The number of carbonyl (C=O) groups excluding carboxylic acids is 2. The van der Waals surface area contributed by atoms with E-state index in [1.807, 2.05) is 48.5 Å². The van der Waals surface area contributed by atoms with Crippen LogP contribution in [0.2, 0.25) is 5.02 Å². The van der Waals surface area contributed by atoms with Gasteiger partial charge in [0.1, 0.15) is 18.1 Å². The lowest BCUT2D eigenvalue weighted by Crippen LogP contribution is -2.30. The van der Waals surface area contributed by atoms with Crippen LogP contribution in [0.25, 0.3) is 0 Å². The lowest BCUT2D eigenvalue weighted by Gasteiger charge is -2.16.